The molecule has 1 atom stereocenters. The van der Waals surface area contributed by atoms with Gasteiger partial charge in [0.05, 0.1) is 6.54 Å². The van der Waals surface area contributed by atoms with Crippen molar-refractivity contribution in [1.82, 2.24) is 10.6 Å². The van der Waals surface area contributed by atoms with Crippen LogP contribution < -0.4 is 20.1 Å². The van der Waals surface area contributed by atoms with Crippen molar-refractivity contribution >= 4 is 17.8 Å². The second-order valence-electron chi connectivity index (χ2n) is 9.04. The lowest BCUT2D eigenvalue weighted by Crippen LogP contribution is -2.46. The molecule has 8 heteroatoms. The number of carboxylic acids is 1. The minimum absolute atomic E-state index is 0.00830. The van der Waals surface area contributed by atoms with Gasteiger partial charge >= 0.3 is 5.97 Å². The second kappa shape index (κ2) is 14.2. The summed E-state index contributed by atoms with van der Waals surface area (Å²) in [5.74, 6) is -1.25. The van der Waals surface area contributed by atoms with E-state index in [2.05, 4.69) is 10.6 Å². The van der Waals surface area contributed by atoms with Crippen LogP contribution in [0.2, 0.25) is 0 Å². The van der Waals surface area contributed by atoms with Gasteiger partial charge in [0, 0.05) is 12.0 Å². The van der Waals surface area contributed by atoms with Crippen molar-refractivity contribution in [2.45, 2.75) is 25.7 Å². The Kier molecular flexibility index (Phi) is 9.88. The number of carboxylic acid groups (broad SMARTS) is 1. The van der Waals surface area contributed by atoms with Gasteiger partial charge in [0.15, 0.2) is 11.5 Å². The second-order valence-corrected chi connectivity index (χ2v) is 9.04. The van der Waals surface area contributed by atoms with Crippen molar-refractivity contribution < 1.29 is 29.0 Å². The van der Waals surface area contributed by atoms with E-state index in [-0.39, 0.29) is 13.0 Å². The third-order valence-electron chi connectivity index (χ3n) is 6.00. The van der Waals surface area contributed by atoms with Gasteiger partial charge in [-0.2, -0.15) is 0 Å². The first-order valence-electron chi connectivity index (χ1n) is 12.8. The lowest BCUT2D eigenvalue weighted by atomic mass is 10.0. The van der Waals surface area contributed by atoms with Gasteiger partial charge in [0.25, 0.3) is 5.91 Å². The standard InChI is InChI=1S/C32H30N2O6/c35-30(20-33-31(36)26-14-8-3-9-15-26)34-27(32(37)38)18-25-16-17-28(39-21-23-10-4-1-5-11-23)29(19-25)40-22-24-12-6-2-7-13-24/h1-17,19,27H,18,20-22H2,(H,33,36)(H,34,35)(H,37,38)/t27-/m0/s1. The van der Waals surface area contributed by atoms with Crippen LogP contribution in [0.4, 0.5) is 0 Å². The molecule has 0 fully saturated rings. The summed E-state index contributed by atoms with van der Waals surface area (Å²) in [5.41, 5.74) is 3.00. The van der Waals surface area contributed by atoms with E-state index in [0.717, 1.165) is 11.1 Å². The first-order chi connectivity index (χ1) is 19.5. The molecule has 0 bridgehead atoms. The van der Waals surface area contributed by atoms with Crippen LogP contribution in [0.5, 0.6) is 11.5 Å². The first kappa shape index (κ1) is 27.9. The molecule has 0 spiro atoms. The number of aliphatic carboxylic acids is 1. The Labute approximate surface area is 232 Å². The third kappa shape index (κ3) is 8.46. The van der Waals surface area contributed by atoms with Gasteiger partial charge in [-0.3, -0.25) is 9.59 Å². The molecule has 8 nitrogen and oxygen atoms in total. The highest BCUT2D eigenvalue weighted by molar-refractivity contribution is 5.96. The number of ether oxygens (including phenoxy) is 2. The topological polar surface area (TPSA) is 114 Å². The molecule has 0 aliphatic heterocycles. The molecule has 0 saturated carbocycles. The fourth-order valence-electron chi connectivity index (χ4n) is 3.92. The molecule has 40 heavy (non-hydrogen) atoms. The molecule has 0 aromatic heterocycles. The Morgan fingerprint density at radius 2 is 1.23 bits per heavy atom. The molecule has 4 rings (SSSR count). The molecule has 204 valence electrons. The molecular formula is C32H30N2O6. The normalized spacial score (nSPS) is 11.2. The summed E-state index contributed by atoms with van der Waals surface area (Å²) in [6, 6.07) is 31.8. The fraction of sp³-hybridized carbons (Fsp3) is 0.156. The molecular weight excluding hydrogens is 508 g/mol. The zero-order chi connectivity index (χ0) is 28.2. The number of rotatable bonds is 13. The van der Waals surface area contributed by atoms with Gasteiger partial charge in [-0.15, -0.1) is 0 Å². The molecule has 4 aromatic carbocycles. The quantitative estimate of drug-likeness (QED) is 0.233. The van der Waals surface area contributed by atoms with E-state index in [1.54, 1.807) is 48.5 Å². The Balaban J connectivity index is 1.42. The lowest BCUT2D eigenvalue weighted by Gasteiger charge is -2.18. The predicted molar refractivity (Wildman–Crippen MR) is 150 cm³/mol. The van der Waals surface area contributed by atoms with Gasteiger partial charge in [-0.05, 0) is 41.0 Å². The van der Waals surface area contributed by atoms with Gasteiger partial charge in [-0.25, -0.2) is 4.79 Å². The SMILES string of the molecule is O=C(CNC(=O)c1ccccc1)N[C@@H](Cc1ccc(OCc2ccccc2)c(OCc2ccccc2)c1)C(=O)O. The van der Waals surface area contributed by atoms with Gasteiger partial charge < -0.3 is 25.2 Å². The Morgan fingerprint density at radius 1 is 0.675 bits per heavy atom. The van der Waals surface area contributed by atoms with Crippen LogP contribution in [0.25, 0.3) is 0 Å². The van der Waals surface area contributed by atoms with Crippen molar-refractivity contribution in [3.63, 3.8) is 0 Å². The maximum absolute atomic E-state index is 12.5. The molecule has 0 aliphatic carbocycles. The van der Waals surface area contributed by atoms with Crippen LogP contribution in [0, 0.1) is 0 Å². The van der Waals surface area contributed by atoms with E-state index in [9.17, 15) is 19.5 Å². The molecule has 0 saturated heterocycles. The zero-order valence-corrected chi connectivity index (χ0v) is 21.8. The van der Waals surface area contributed by atoms with Gasteiger partial charge in [0.1, 0.15) is 19.3 Å². The van der Waals surface area contributed by atoms with Crippen LogP contribution >= 0.6 is 0 Å². The minimum Gasteiger partial charge on any atom is -0.485 e. The number of benzene rings is 4. The number of amides is 2. The minimum atomic E-state index is -1.21. The summed E-state index contributed by atoms with van der Waals surface area (Å²) in [5, 5.41) is 14.8. The summed E-state index contributed by atoms with van der Waals surface area (Å²) in [6.07, 6.45) is 0.00830. The summed E-state index contributed by atoms with van der Waals surface area (Å²) in [7, 11) is 0. The molecule has 0 aliphatic rings. The smallest absolute Gasteiger partial charge is 0.326 e. The Hall–Kier alpha value is -5.11. The molecule has 0 heterocycles. The van der Waals surface area contributed by atoms with Crippen molar-refractivity contribution in [3.05, 3.63) is 131 Å². The zero-order valence-electron chi connectivity index (χ0n) is 21.8. The monoisotopic (exact) mass is 538 g/mol. The van der Waals surface area contributed by atoms with E-state index < -0.39 is 23.8 Å². The number of hydrogen-bond acceptors (Lipinski definition) is 5. The average molecular weight is 539 g/mol. The van der Waals surface area contributed by atoms with Crippen LogP contribution in [0.1, 0.15) is 27.0 Å². The van der Waals surface area contributed by atoms with Gasteiger partial charge in [0.2, 0.25) is 5.91 Å². The van der Waals surface area contributed by atoms with E-state index in [0.29, 0.717) is 35.8 Å². The number of carbonyl (C=O) groups excluding carboxylic acids is 2. The van der Waals surface area contributed by atoms with Crippen molar-refractivity contribution in [1.29, 1.82) is 0 Å². The Bertz CT molecular complexity index is 1410. The average Bonchev–Trinajstić information content (AvgIpc) is 2.99. The molecule has 0 radical (unpaired) electrons. The lowest BCUT2D eigenvalue weighted by molar-refractivity contribution is -0.141. The summed E-state index contributed by atoms with van der Waals surface area (Å²) in [6.45, 7) is 0.284. The highest BCUT2D eigenvalue weighted by Gasteiger charge is 2.22. The Morgan fingerprint density at radius 3 is 1.80 bits per heavy atom. The van der Waals surface area contributed by atoms with E-state index in [1.165, 1.54) is 0 Å². The van der Waals surface area contributed by atoms with Crippen molar-refractivity contribution in [2.75, 3.05) is 6.54 Å². The maximum Gasteiger partial charge on any atom is 0.326 e. The van der Waals surface area contributed by atoms with E-state index in [4.69, 9.17) is 9.47 Å². The number of hydrogen-bond donors (Lipinski definition) is 3. The van der Waals surface area contributed by atoms with Crippen LogP contribution in [0.3, 0.4) is 0 Å². The van der Waals surface area contributed by atoms with Crippen molar-refractivity contribution in [2.24, 2.45) is 0 Å². The third-order valence-corrected chi connectivity index (χ3v) is 6.00. The first-order valence-corrected chi connectivity index (χ1v) is 12.8. The highest BCUT2D eigenvalue weighted by atomic mass is 16.5. The largest absolute Gasteiger partial charge is 0.485 e. The number of carbonyl (C=O) groups is 3. The van der Waals surface area contributed by atoms with E-state index >= 15 is 0 Å². The predicted octanol–water partition coefficient (Wildman–Crippen LogP) is 4.39. The highest BCUT2D eigenvalue weighted by Crippen LogP contribution is 2.30. The summed E-state index contributed by atoms with van der Waals surface area (Å²) >= 11 is 0. The van der Waals surface area contributed by atoms with Crippen LogP contribution in [0.15, 0.2) is 109 Å². The van der Waals surface area contributed by atoms with E-state index in [1.807, 2.05) is 60.7 Å². The van der Waals surface area contributed by atoms with Crippen molar-refractivity contribution in [3.8, 4) is 11.5 Å². The number of nitrogens with one attached hydrogen (secondary N) is 2. The molecule has 4 aromatic rings. The summed E-state index contributed by atoms with van der Waals surface area (Å²) < 4.78 is 12.1. The summed E-state index contributed by atoms with van der Waals surface area (Å²) in [4.78, 5) is 36.6. The molecule has 3 N–H and O–H groups in total. The molecule has 2 amide bonds. The maximum atomic E-state index is 12.5. The fourth-order valence-corrected chi connectivity index (χ4v) is 3.92. The molecule has 0 unspecified atom stereocenters. The van der Waals surface area contributed by atoms with Gasteiger partial charge in [-0.1, -0.05) is 84.9 Å². The van der Waals surface area contributed by atoms with Crippen LogP contribution in [-0.4, -0.2) is 35.5 Å². The van der Waals surface area contributed by atoms with Crippen LogP contribution in [-0.2, 0) is 29.2 Å².